The molecule has 1 aromatic carbocycles. The highest BCUT2D eigenvalue weighted by Gasteiger charge is 2.44. The van der Waals surface area contributed by atoms with Gasteiger partial charge in [-0.25, -0.2) is 8.78 Å². The number of carbonyl (C=O) groups excluding carboxylic acids is 2. The van der Waals surface area contributed by atoms with Crippen molar-refractivity contribution in [2.24, 2.45) is 5.92 Å². The maximum Gasteiger partial charge on any atom is 0.256 e. The zero-order valence-electron chi connectivity index (χ0n) is 14.0. The lowest BCUT2D eigenvalue weighted by Crippen LogP contribution is -2.50. The van der Waals surface area contributed by atoms with Crippen LogP contribution in [0, 0.1) is 19.8 Å². The van der Waals surface area contributed by atoms with E-state index >= 15 is 0 Å². The topological polar surface area (TPSA) is 57.6 Å². The van der Waals surface area contributed by atoms with Crippen LogP contribution in [0.3, 0.4) is 0 Å². The maximum absolute atomic E-state index is 13.6. The fourth-order valence-corrected chi connectivity index (χ4v) is 2.95. The molecule has 1 amide bonds. The number of rotatable bonds is 5. The number of ketones is 1. The second kappa shape index (κ2) is 7.38. The highest BCUT2D eigenvalue weighted by molar-refractivity contribution is 5.99. The number of nitrogens with zero attached hydrogens (tertiary/aromatic N) is 1. The van der Waals surface area contributed by atoms with Crippen LogP contribution in [0.15, 0.2) is 18.2 Å². The summed E-state index contributed by atoms with van der Waals surface area (Å²) >= 11 is 0. The zero-order valence-corrected chi connectivity index (χ0v) is 14.0. The van der Waals surface area contributed by atoms with Gasteiger partial charge in [-0.05, 0) is 25.5 Å². The Hall–Kier alpha value is -1.82. The van der Waals surface area contributed by atoms with Crippen molar-refractivity contribution in [1.29, 1.82) is 0 Å². The van der Waals surface area contributed by atoms with E-state index in [1.165, 1.54) is 4.90 Å². The Morgan fingerprint density at radius 1 is 1.29 bits per heavy atom. The Kier molecular flexibility index (Phi) is 5.70. The van der Waals surface area contributed by atoms with Crippen LogP contribution in [0.1, 0.15) is 40.7 Å². The summed E-state index contributed by atoms with van der Waals surface area (Å²) in [6, 6.07) is 5.58. The molecule has 1 atom stereocenters. The minimum absolute atomic E-state index is 0.00403. The van der Waals surface area contributed by atoms with Crippen molar-refractivity contribution < 1.29 is 23.5 Å². The Morgan fingerprint density at radius 2 is 2.00 bits per heavy atom. The quantitative estimate of drug-likeness (QED) is 0.839. The van der Waals surface area contributed by atoms with Gasteiger partial charge in [0.15, 0.2) is 5.78 Å². The number of aliphatic hydroxyl groups is 1. The average molecular weight is 339 g/mol. The van der Waals surface area contributed by atoms with Gasteiger partial charge in [0.05, 0.1) is 12.5 Å². The van der Waals surface area contributed by atoms with Gasteiger partial charge in [0.25, 0.3) is 5.92 Å². The fraction of sp³-hybridized carbons (Fsp3) is 0.556. The molecule has 1 unspecified atom stereocenters. The molecule has 24 heavy (non-hydrogen) atoms. The fourth-order valence-electron chi connectivity index (χ4n) is 2.95. The average Bonchev–Trinajstić information content (AvgIpc) is 2.54. The summed E-state index contributed by atoms with van der Waals surface area (Å²) in [4.78, 5) is 25.8. The standard InChI is InChI=1S/C18H23F2NO3/c1-12-3-4-13(2)15(9-12)16(23)5-6-17(24)21-8-7-18(19,20)14(10-21)11-22/h3-4,9,14,22H,5-8,10-11H2,1-2H3. The van der Waals surface area contributed by atoms with E-state index in [-0.39, 0.29) is 37.6 Å². The summed E-state index contributed by atoms with van der Waals surface area (Å²) < 4.78 is 27.1. The number of piperidine rings is 1. The van der Waals surface area contributed by atoms with Gasteiger partial charge in [0.1, 0.15) is 0 Å². The summed E-state index contributed by atoms with van der Waals surface area (Å²) in [5, 5.41) is 9.08. The van der Waals surface area contributed by atoms with Gasteiger partial charge in [0, 0.05) is 37.9 Å². The largest absolute Gasteiger partial charge is 0.396 e. The summed E-state index contributed by atoms with van der Waals surface area (Å²) in [7, 11) is 0. The number of likely N-dealkylation sites (tertiary alicyclic amines) is 1. The van der Waals surface area contributed by atoms with Crippen molar-refractivity contribution in [2.75, 3.05) is 19.7 Å². The molecular formula is C18H23F2NO3. The van der Waals surface area contributed by atoms with Crippen LogP contribution in [-0.2, 0) is 4.79 Å². The summed E-state index contributed by atoms with van der Waals surface area (Å²) in [5.41, 5.74) is 2.43. The van der Waals surface area contributed by atoms with E-state index in [9.17, 15) is 18.4 Å². The molecule has 0 aromatic heterocycles. The van der Waals surface area contributed by atoms with Crippen LogP contribution in [0.4, 0.5) is 8.78 Å². The monoisotopic (exact) mass is 339 g/mol. The first kappa shape index (κ1) is 18.5. The third kappa shape index (κ3) is 4.17. The van der Waals surface area contributed by atoms with Crippen molar-refractivity contribution in [3.8, 4) is 0 Å². The molecule has 1 aliphatic rings. The number of benzene rings is 1. The Morgan fingerprint density at radius 3 is 2.67 bits per heavy atom. The van der Waals surface area contributed by atoms with Crippen LogP contribution in [0.5, 0.6) is 0 Å². The van der Waals surface area contributed by atoms with Gasteiger partial charge in [-0.1, -0.05) is 17.7 Å². The van der Waals surface area contributed by atoms with Crippen LogP contribution >= 0.6 is 0 Å². The van der Waals surface area contributed by atoms with E-state index in [4.69, 9.17) is 5.11 Å². The smallest absolute Gasteiger partial charge is 0.256 e. The minimum atomic E-state index is -2.94. The third-order valence-electron chi connectivity index (χ3n) is 4.59. The summed E-state index contributed by atoms with van der Waals surface area (Å²) in [5.74, 6) is -4.61. The van der Waals surface area contributed by atoms with Gasteiger partial charge in [0.2, 0.25) is 5.91 Å². The van der Waals surface area contributed by atoms with E-state index < -0.39 is 24.9 Å². The molecule has 4 nitrogen and oxygen atoms in total. The molecule has 1 saturated heterocycles. The van der Waals surface area contributed by atoms with Crippen molar-refractivity contribution in [3.05, 3.63) is 34.9 Å². The van der Waals surface area contributed by atoms with Crippen LogP contribution in [-0.4, -0.2) is 47.3 Å². The zero-order chi connectivity index (χ0) is 17.9. The van der Waals surface area contributed by atoms with E-state index in [2.05, 4.69) is 0 Å². The number of hydrogen-bond donors (Lipinski definition) is 1. The maximum atomic E-state index is 13.6. The molecule has 0 saturated carbocycles. The first-order valence-electron chi connectivity index (χ1n) is 8.11. The molecule has 1 heterocycles. The van der Waals surface area contributed by atoms with E-state index in [0.717, 1.165) is 11.1 Å². The molecule has 0 radical (unpaired) electrons. The lowest BCUT2D eigenvalue weighted by atomic mass is 9.93. The van der Waals surface area contributed by atoms with Crippen molar-refractivity contribution in [2.45, 2.75) is 39.0 Å². The van der Waals surface area contributed by atoms with Crippen molar-refractivity contribution in [1.82, 2.24) is 4.90 Å². The van der Waals surface area contributed by atoms with Gasteiger partial charge in [-0.2, -0.15) is 0 Å². The highest BCUT2D eigenvalue weighted by Crippen LogP contribution is 2.33. The lowest BCUT2D eigenvalue weighted by Gasteiger charge is -2.37. The van der Waals surface area contributed by atoms with E-state index in [1.54, 1.807) is 6.07 Å². The summed E-state index contributed by atoms with van der Waals surface area (Å²) in [6.07, 6.45) is -0.398. The van der Waals surface area contributed by atoms with Crippen LogP contribution in [0.2, 0.25) is 0 Å². The molecular weight excluding hydrogens is 316 g/mol. The van der Waals surface area contributed by atoms with Gasteiger partial charge >= 0.3 is 0 Å². The molecule has 0 bridgehead atoms. The second-order valence-electron chi connectivity index (χ2n) is 6.47. The molecule has 6 heteroatoms. The highest BCUT2D eigenvalue weighted by atomic mass is 19.3. The first-order chi connectivity index (χ1) is 11.2. The molecule has 1 N–H and O–H groups in total. The van der Waals surface area contributed by atoms with Crippen molar-refractivity contribution in [3.63, 3.8) is 0 Å². The summed E-state index contributed by atoms with van der Waals surface area (Å²) in [6.45, 7) is 2.87. The molecule has 0 aliphatic carbocycles. The predicted octanol–water partition coefficient (Wildman–Crippen LogP) is 2.74. The second-order valence-corrected chi connectivity index (χ2v) is 6.47. The number of aliphatic hydroxyl groups excluding tert-OH is 1. The Balaban J connectivity index is 1.93. The predicted molar refractivity (Wildman–Crippen MR) is 86.2 cm³/mol. The first-order valence-corrected chi connectivity index (χ1v) is 8.11. The SMILES string of the molecule is Cc1ccc(C)c(C(=O)CCC(=O)N2CCC(F)(F)C(CO)C2)c1. The number of hydrogen-bond acceptors (Lipinski definition) is 3. The molecule has 132 valence electrons. The van der Waals surface area contributed by atoms with E-state index in [1.807, 2.05) is 26.0 Å². The number of halogens is 2. The molecule has 1 aliphatic heterocycles. The van der Waals surface area contributed by atoms with Crippen molar-refractivity contribution >= 4 is 11.7 Å². The van der Waals surface area contributed by atoms with E-state index in [0.29, 0.717) is 5.56 Å². The van der Waals surface area contributed by atoms with Crippen LogP contribution < -0.4 is 0 Å². The minimum Gasteiger partial charge on any atom is -0.396 e. The number of aryl methyl sites for hydroxylation is 2. The normalized spacial score (nSPS) is 20.0. The third-order valence-corrected chi connectivity index (χ3v) is 4.59. The molecule has 2 rings (SSSR count). The molecule has 1 aromatic rings. The number of alkyl halides is 2. The molecule has 1 fully saturated rings. The number of carbonyl (C=O) groups is 2. The van der Waals surface area contributed by atoms with Gasteiger partial charge < -0.3 is 10.0 Å². The van der Waals surface area contributed by atoms with Gasteiger partial charge in [-0.15, -0.1) is 0 Å². The number of Topliss-reactive ketones (excluding diaryl/α,β-unsaturated/α-hetero) is 1. The Labute approximate surface area is 140 Å². The Bertz CT molecular complexity index is 631. The molecule has 0 spiro atoms. The van der Waals surface area contributed by atoms with Gasteiger partial charge in [-0.3, -0.25) is 9.59 Å². The lowest BCUT2D eigenvalue weighted by molar-refractivity contribution is -0.149. The van der Waals surface area contributed by atoms with Crippen LogP contribution in [0.25, 0.3) is 0 Å². The number of amides is 1.